The van der Waals surface area contributed by atoms with E-state index in [1.165, 1.54) is 6.42 Å². The Morgan fingerprint density at radius 3 is 2.58 bits per heavy atom. The van der Waals surface area contributed by atoms with E-state index in [-0.39, 0.29) is 28.6 Å². The Balaban J connectivity index is 1.36. The molecule has 0 radical (unpaired) electrons. The maximum atomic E-state index is 12.4. The van der Waals surface area contributed by atoms with Crippen molar-refractivity contribution in [3.63, 3.8) is 0 Å². The van der Waals surface area contributed by atoms with Gasteiger partial charge in [-0.1, -0.05) is 17.7 Å². The average molecular weight is 381 g/mol. The highest BCUT2D eigenvalue weighted by Gasteiger charge is 2.51. The van der Waals surface area contributed by atoms with Crippen molar-refractivity contribution in [2.75, 3.05) is 19.8 Å². The van der Waals surface area contributed by atoms with Crippen molar-refractivity contribution in [3.8, 4) is 0 Å². The first-order valence-electron chi connectivity index (χ1n) is 9.65. The zero-order valence-corrected chi connectivity index (χ0v) is 16.2. The normalized spacial score (nSPS) is 31.0. The summed E-state index contributed by atoms with van der Waals surface area (Å²) in [6.07, 6.45) is 7.36. The van der Waals surface area contributed by atoms with Crippen molar-refractivity contribution in [2.24, 2.45) is 11.3 Å². The summed E-state index contributed by atoms with van der Waals surface area (Å²) in [6, 6.07) is 6.81. The Bertz CT molecular complexity index is 736. The molecular weight excluding hydrogens is 352 g/mol. The van der Waals surface area contributed by atoms with Crippen LogP contribution in [0.15, 0.2) is 29.2 Å². The van der Waals surface area contributed by atoms with E-state index in [2.05, 4.69) is 0 Å². The van der Waals surface area contributed by atoms with Crippen molar-refractivity contribution in [3.05, 3.63) is 29.8 Å². The Labute approximate surface area is 156 Å². The molecule has 6 heteroatoms. The SMILES string of the molecule is Cc1ccc(S(=O)(=O)OC[C@@H]2CC[C@]3(CCCC4(C3)OCCO4)C2)cc1. The van der Waals surface area contributed by atoms with Gasteiger partial charge in [-0.25, -0.2) is 0 Å². The molecule has 0 bridgehead atoms. The number of hydrogen-bond donors (Lipinski definition) is 0. The van der Waals surface area contributed by atoms with Crippen molar-refractivity contribution in [2.45, 2.75) is 62.6 Å². The first kappa shape index (κ1) is 18.4. The Kier molecular flexibility index (Phi) is 4.88. The van der Waals surface area contributed by atoms with Crippen molar-refractivity contribution >= 4 is 10.1 Å². The van der Waals surface area contributed by atoms with E-state index in [4.69, 9.17) is 13.7 Å². The lowest BCUT2D eigenvalue weighted by molar-refractivity contribution is -0.201. The summed E-state index contributed by atoms with van der Waals surface area (Å²) in [4.78, 5) is 0.236. The van der Waals surface area contributed by atoms with E-state index in [1.807, 2.05) is 6.92 Å². The lowest BCUT2D eigenvalue weighted by Gasteiger charge is -2.43. The van der Waals surface area contributed by atoms with Crippen LogP contribution in [0.2, 0.25) is 0 Å². The maximum Gasteiger partial charge on any atom is 0.296 e. The van der Waals surface area contributed by atoms with Gasteiger partial charge in [-0.15, -0.1) is 0 Å². The molecule has 2 atom stereocenters. The van der Waals surface area contributed by atoms with Crippen LogP contribution in [0.5, 0.6) is 0 Å². The molecule has 0 amide bonds. The van der Waals surface area contributed by atoms with Gasteiger partial charge in [-0.05, 0) is 62.5 Å². The number of rotatable bonds is 4. The van der Waals surface area contributed by atoms with Crippen LogP contribution in [-0.4, -0.2) is 34.0 Å². The summed E-state index contributed by atoms with van der Waals surface area (Å²) in [7, 11) is -3.68. The largest absolute Gasteiger partial charge is 0.348 e. The highest BCUT2D eigenvalue weighted by Crippen LogP contribution is 2.55. The first-order chi connectivity index (χ1) is 12.4. The molecule has 1 aromatic carbocycles. The second-order valence-electron chi connectivity index (χ2n) is 8.30. The summed E-state index contributed by atoms with van der Waals surface area (Å²) in [6.45, 7) is 3.59. The molecule has 2 aliphatic carbocycles. The van der Waals surface area contributed by atoms with Crippen LogP contribution in [0.25, 0.3) is 0 Å². The number of ether oxygens (including phenoxy) is 2. The van der Waals surface area contributed by atoms with Gasteiger partial charge < -0.3 is 9.47 Å². The molecule has 4 rings (SSSR count). The van der Waals surface area contributed by atoms with Gasteiger partial charge in [0.15, 0.2) is 5.79 Å². The molecule has 1 saturated heterocycles. The average Bonchev–Trinajstić information content (AvgIpc) is 3.21. The minimum Gasteiger partial charge on any atom is -0.348 e. The van der Waals surface area contributed by atoms with Gasteiger partial charge in [-0.2, -0.15) is 8.42 Å². The quantitative estimate of drug-likeness (QED) is 0.744. The summed E-state index contributed by atoms with van der Waals surface area (Å²) < 4.78 is 42.1. The van der Waals surface area contributed by atoms with Crippen LogP contribution in [0.1, 0.15) is 50.5 Å². The highest BCUT2D eigenvalue weighted by molar-refractivity contribution is 7.86. The summed E-state index contributed by atoms with van der Waals surface area (Å²) in [5.41, 5.74) is 1.26. The Morgan fingerprint density at radius 1 is 1.12 bits per heavy atom. The maximum absolute atomic E-state index is 12.4. The smallest absolute Gasteiger partial charge is 0.296 e. The first-order valence-corrected chi connectivity index (χ1v) is 11.1. The molecular formula is C20H28O5S. The van der Waals surface area contributed by atoms with Gasteiger partial charge in [0, 0.05) is 12.8 Å². The molecule has 2 spiro atoms. The number of hydrogen-bond acceptors (Lipinski definition) is 5. The van der Waals surface area contributed by atoms with Gasteiger partial charge in [0.1, 0.15) is 0 Å². The second kappa shape index (κ2) is 6.89. The zero-order chi connectivity index (χ0) is 18.3. The summed E-state index contributed by atoms with van der Waals surface area (Å²) >= 11 is 0. The van der Waals surface area contributed by atoms with E-state index < -0.39 is 10.1 Å². The number of aryl methyl sites for hydroxylation is 1. The molecule has 2 saturated carbocycles. The molecule has 0 aromatic heterocycles. The highest BCUT2D eigenvalue weighted by atomic mass is 32.2. The molecule has 0 unspecified atom stereocenters. The topological polar surface area (TPSA) is 61.8 Å². The van der Waals surface area contributed by atoms with Gasteiger partial charge >= 0.3 is 0 Å². The van der Waals surface area contributed by atoms with Gasteiger partial charge in [0.25, 0.3) is 10.1 Å². The van der Waals surface area contributed by atoms with Crippen molar-refractivity contribution in [1.82, 2.24) is 0 Å². The van der Waals surface area contributed by atoms with Crippen molar-refractivity contribution < 1.29 is 22.1 Å². The second-order valence-corrected chi connectivity index (χ2v) is 9.91. The predicted molar refractivity (Wildman–Crippen MR) is 97.2 cm³/mol. The Hall–Kier alpha value is -0.950. The molecule has 1 heterocycles. The minimum absolute atomic E-state index is 0.226. The van der Waals surface area contributed by atoms with Crippen LogP contribution < -0.4 is 0 Å². The van der Waals surface area contributed by atoms with Crippen LogP contribution in [0.3, 0.4) is 0 Å². The van der Waals surface area contributed by atoms with E-state index >= 15 is 0 Å². The molecule has 5 nitrogen and oxygen atoms in total. The minimum atomic E-state index is -3.68. The molecule has 3 aliphatic rings. The van der Waals surface area contributed by atoms with Crippen LogP contribution in [0, 0.1) is 18.3 Å². The van der Waals surface area contributed by atoms with Crippen LogP contribution in [0.4, 0.5) is 0 Å². The monoisotopic (exact) mass is 380 g/mol. The van der Waals surface area contributed by atoms with Crippen LogP contribution >= 0.6 is 0 Å². The molecule has 1 aromatic rings. The van der Waals surface area contributed by atoms with E-state index in [0.717, 1.165) is 44.1 Å². The zero-order valence-electron chi connectivity index (χ0n) is 15.4. The van der Waals surface area contributed by atoms with Crippen molar-refractivity contribution in [1.29, 1.82) is 0 Å². The third-order valence-corrected chi connectivity index (χ3v) is 7.59. The Morgan fingerprint density at radius 2 is 1.85 bits per heavy atom. The van der Waals surface area contributed by atoms with Gasteiger partial charge in [0.2, 0.25) is 0 Å². The third kappa shape index (κ3) is 3.70. The third-order valence-electron chi connectivity index (χ3n) is 6.30. The van der Waals surface area contributed by atoms with E-state index in [1.54, 1.807) is 24.3 Å². The molecule has 144 valence electrons. The fourth-order valence-corrected chi connectivity index (χ4v) is 6.02. The van der Waals surface area contributed by atoms with E-state index in [9.17, 15) is 8.42 Å². The molecule has 0 N–H and O–H groups in total. The fourth-order valence-electron chi connectivity index (χ4n) is 5.04. The lowest BCUT2D eigenvalue weighted by atomic mass is 9.70. The summed E-state index contributed by atoms with van der Waals surface area (Å²) in [5.74, 6) is -0.0890. The van der Waals surface area contributed by atoms with E-state index in [0.29, 0.717) is 13.2 Å². The standard InChI is InChI=1S/C20H28O5S/c1-16-3-5-18(6-4-16)26(21,22)25-14-17-7-10-19(13-17)8-2-9-20(15-19)23-11-12-24-20/h3-6,17H,2,7-15H2,1H3/t17-,19-/m1/s1. The molecule has 26 heavy (non-hydrogen) atoms. The molecule has 1 aliphatic heterocycles. The fraction of sp³-hybridized carbons (Fsp3) is 0.700. The van der Waals surface area contributed by atoms with Crippen LogP contribution in [-0.2, 0) is 23.8 Å². The van der Waals surface area contributed by atoms with Gasteiger partial charge in [-0.3, -0.25) is 4.18 Å². The summed E-state index contributed by atoms with van der Waals surface area (Å²) in [5, 5.41) is 0. The lowest BCUT2D eigenvalue weighted by Crippen LogP contribution is -2.41. The number of benzene rings is 1. The predicted octanol–water partition coefficient (Wildman–Crippen LogP) is 3.80. The van der Waals surface area contributed by atoms with Gasteiger partial charge in [0.05, 0.1) is 24.7 Å². The molecule has 3 fully saturated rings.